The summed E-state index contributed by atoms with van der Waals surface area (Å²) in [5, 5.41) is 22.6. The zero-order valence-corrected chi connectivity index (χ0v) is 36.3. The van der Waals surface area contributed by atoms with E-state index in [0.717, 1.165) is 74.2 Å². The first kappa shape index (κ1) is 43.5. The molecule has 6 nitrogen and oxygen atoms in total. The van der Waals surface area contributed by atoms with Gasteiger partial charge in [-0.15, -0.1) is 0 Å². The first-order valence-electron chi connectivity index (χ1n) is 17.9. The molecule has 9 heteroatoms. The minimum Gasteiger partial charge on any atom is -0.550 e. The minimum atomic E-state index is -0.984. The Morgan fingerprint density at radius 1 is 0.784 bits per heavy atom. The first-order valence-corrected chi connectivity index (χ1v) is 18.3. The molecule has 0 N–H and O–H groups in total. The van der Waals surface area contributed by atoms with Crippen molar-refractivity contribution in [2.45, 2.75) is 109 Å². The molecule has 0 saturated heterocycles. The summed E-state index contributed by atoms with van der Waals surface area (Å²) in [6, 6.07) is 17.1. The van der Waals surface area contributed by atoms with Gasteiger partial charge in [0.25, 0.3) is 0 Å². The van der Waals surface area contributed by atoms with Crippen LogP contribution in [0.5, 0.6) is 0 Å². The van der Waals surface area contributed by atoms with Gasteiger partial charge in [-0.3, -0.25) is 0 Å². The van der Waals surface area contributed by atoms with Crippen LogP contribution in [0, 0.1) is 0 Å². The quantitative estimate of drug-likeness (QED) is 0.158. The summed E-state index contributed by atoms with van der Waals surface area (Å²) in [4.78, 5) is 24.2. The van der Waals surface area contributed by atoms with Crippen molar-refractivity contribution in [2.75, 3.05) is 18.0 Å². The Hall–Kier alpha value is -1.90. The van der Waals surface area contributed by atoms with E-state index in [-0.39, 0.29) is 82.8 Å². The predicted molar refractivity (Wildman–Crippen MR) is 195 cm³/mol. The number of benzene rings is 2. The van der Waals surface area contributed by atoms with Crippen LogP contribution in [0.25, 0.3) is 0 Å². The second-order valence-corrected chi connectivity index (χ2v) is 15.0. The molecular weight excluding hydrogens is 678 g/mol. The molecule has 0 atom stereocenters. The van der Waals surface area contributed by atoms with Crippen LogP contribution >= 0.6 is 11.6 Å². The maximum atomic E-state index is 10.9. The molecule has 5 rings (SSSR count). The van der Waals surface area contributed by atoms with Crippen LogP contribution in [0.4, 0.5) is 11.4 Å². The van der Waals surface area contributed by atoms with Gasteiger partial charge in [-0.1, -0.05) is 80.4 Å². The number of carboxylic acids is 2. The third-order valence-corrected chi connectivity index (χ3v) is 11.0. The number of hydrogen-bond donors (Lipinski definition) is 0. The first-order chi connectivity index (χ1) is 23.4. The van der Waals surface area contributed by atoms with Gasteiger partial charge in [0.2, 0.25) is 5.69 Å². The molecule has 2 heterocycles. The van der Waals surface area contributed by atoms with Crippen molar-refractivity contribution in [3.05, 3.63) is 106 Å². The third kappa shape index (κ3) is 10.2. The van der Waals surface area contributed by atoms with E-state index in [1.54, 1.807) is 0 Å². The van der Waals surface area contributed by atoms with Crippen LogP contribution in [0.2, 0.25) is 0 Å². The Labute approximate surface area is 354 Å². The van der Waals surface area contributed by atoms with E-state index < -0.39 is 11.9 Å². The number of para-hydroxylation sites is 2. The zero-order valence-electron chi connectivity index (χ0n) is 31.5. The van der Waals surface area contributed by atoms with Crippen molar-refractivity contribution in [2.24, 2.45) is 0 Å². The maximum Gasteiger partial charge on any atom is 1.00 e. The Kier molecular flexibility index (Phi) is 16.6. The average Bonchev–Trinajstić information content (AvgIpc) is 3.41. The van der Waals surface area contributed by atoms with Crippen LogP contribution < -0.4 is 74.2 Å². The third-order valence-electron chi connectivity index (χ3n) is 10.5. The normalized spacial score (nSPS) is 19.0. The molecule has 0 saturated carbocycles. The molecular formula is C42H50ClN2Na2O4+. The van der Waals surface area contributed by atoms with Gasteiger partial charge < -0.3 is 24.7 Å². The van der Waals surface area contributed by atoms with E-state index in [0.29, 0.717) is 12.8 Å². The van der Waals surface area contributed by atoms with Crippen LogP contribution in [0.15, 0.2) is 94.7 Å². The Morgan fingerprint density at radius 2 is 1.41 bits per heavy atom. The van der Waals surface area contributed by atoms with E-state index in [1.165, 1.54) is 33.9 Å². The maximum absolute atomic E-state index is 10.9. The molecule has 1 aliphatic carbocycles. The number of fused-ring (bicyclic) bond motifs is 2. The van der Waals surface area contributed by atoms with Crippen LogP contribution in [0.1, 0.15) is 109 Å². The Bertz CT molecular complexity index is 1740. The van der Waals surface area contributed by atoms with Crippen LogP contribution in [-0.4, -0.2) is 35.3 Å². The SMILES string of the molecule is CC1(C)C(/C=C/C2=C(Cl)C(=C/C=C3/N(CCCCCC(=O)[O-])c4ccccc4C3(C)C)/CCC2)=[N+](CCCCCC(=O)[O-])c2ccccc21.[Na+].[Na+]. The van der Waals surface area contributed by atoms with Crippen molar-refractivity contribution >= 4 is 40.6 Å². The number of aliphatic carboxylic acids is 2. The van der Waals surface area contributed by atoms with Crippen molar-refractivity contribution in [3.63, 3.8) is 0 Å². The summed E-state index contributed by atoms with van der Waals surface area (Å²) >= 11 is 7.19. The Balaban J connectivity index is 0.00000351. The Morgan fingerprint density at radius 3 is 2.10 bits per heavy atom. The average molecular weight is 728 g/mol. The van der Waals surface area contributed by atoms with Gasteiger partial charge in [-0.05, 0) is 100 Å². The molecule has 0 bridgehead atoms. The minimum absolute atomic E-state index is 0. The summed E-state index contributed by atoms with van der Waals surface area (Å²) in [7, 11) is 0. The topological polar surface area (TPSA) is 86.5 Å². The van der Waals surface area contributed by atoms with Gasteiger partial charge in [0.1, 0.15) is 6.54 Å². The van der Waals surface area contributed by atoms with E-state index >= 15 is 0 Å². The number of carbonyl (C=O) groups excluding carboxylic acids is 2. The van der Waals surface area contributed by atoms with Crippen LogP contribution in [0.3, 0.4) is 0 Å². The number of rotatable bonds is 15. The van der Waals surface area contributed by atoms with Gasteiger partial charge in [0.05, 0.1) is 5.41 Å². The number of hydrogen-bond acceptors (Lipinski definition) is 5. The summed E-state index contributed by atoms with van der Waals surface area (Å²) in [6.07, 6.45) is 16.7. The van der Waals surface area contributed by atoms with Crippen molar-refractivity contribution in [1.29, 1.82) is 0 Å². The largest absolute Gasteiger partial charge is 1.00 e. The van der Waals surface area contributed by atoms with Gasteiger partial charge in [0, 0.05) is 64.4 Å². The fourth-order valence-corrected chi connectivity index (χ4v) is 8.08. The van der Waals surface area contributed by atoms with Crippen LogP contribution in [-0.2, 0) is 20.4 Å². The standard InChI is InChI=1S/C42H51ClN2O4.2Na/c1-41(2)32-18-9-11-20-34(32)44(28-13-5-7-22-38(46)47)36(41)26-24-30-16-15-17-31(40(30)43)25-27-37-42(3,4)33-19-10-12-21-35(33)45(37)29-14-6-8-23-39(48)49;;/h9-12,18-21,24-27H,5-8,13-17,22-23,28-29H2,1-4H3,(H-,46,47,48,49);;/q;2*+1/p-1. The molecule has 0 aromatic heterocycles. The number of allylic oxidation sites excluding steroid dienone is 8. The summed E-state index contributed by atoms with van der Waals surface area (Å²) < 4.78 is 2.40. The van der Waals surface area contributed by atoms with Crippen molar-refractivity contribution in [3.8, 4) is 0 Å². The molecule has 3 aliphatic rings. The smallest absolute Gasteiger partial charge is 0.550 e. The number of halogens is 1. The van der Waals surface area contributed by atoms with Crippen molar-refractivity contribution in [1.82, 2.24) is 0 Å². The summed E-state index contributed by atoms with van der Waals surface area (Å²) in [5.41, 5.74) is 9.40. The molecule has 260 valence electrons. The number of nitrogens with zero attached hydrogens (tertiary/aromatic N) is 2. The predicted octanol–water partition coefficient (Wildman–Crippen LogP) is 1.53. The zero-order chi connectivity index (χ0) is 35.2. The van der Waals surface area contributed by atoms with E-state index in [9.17, 15) is 19.8 Å². The molecule has 2 aromatic carbocycles. The molecule has 0 fully saturated rings. The van der Waals surface area contributed by atoms with Crippen molar-refractivity contribution < 1.29 is 83.5 Å². The number of carboxylic acid groups (broad SMARTS) is 2. The van der Waals surface area contributed by atoms with E-state index in [1.807, 2.05) is 0 Å². The second kappa shape index (κ2) is 19.4. The van der Waals surface area contributed by atoms with Gasteiger partial charge in [0.15, 0.2) is 5.71 Å². The number of carbonyl (C=O) groups is 2. The molecule has 0 unspecified atom stereocenters. The summed E-state index contributed by atoms with van der Waals surface area (Å²) in [5.74, 6) is -1.97. The summed E-state index contributed by atoms with van der Waals surface area (Å²) in [6.45, 7) is 10.7. The molecule has 2 aromatic rings. The van der Waals surface area contributed by atoms with Gasteiger partial charge in [-0.2, -0.15) is 4.58 Å². The van der Waals surface area contributed by atoms with E-state index in [4.69, 9.17) is 11.6 Å². The monoisotopic (exact) mass is 727 g/mol. The van der Waals surface area contributed by atoms with Gasteiger partial charge in [-0.25, -0.2) is 0 Å². The second-order valence-electron chi connectivity index (χ2n) is 14.6. The fourth-order valence-electron chi connectivity index (χ4n) is 7.76. The molecule has 51 heavy (non-hydrogen) atoms. The molecule has 0 amide bonds. The fraction of sp³-hybridized carbons (Fsp3) is 0.452. The molecule has 0 radical (unpaired) electrons. The molecule has 0 spiro atoms. The van der Waals surface area contributed by atoms with E-state index in [2.05, 4.69) is 110 Å². The molecule has 2 aliphatic heterocycles. The number of unbranched alkanes of at least 4 members (excludes halogenated alkanes) is 4. The van der Waals surface area contributed by atoms with Gasteiger partial charge >= 0.3 is 59.1 Å². The number of anilines is 1.